The van der Waals surface area contributed by atoms with Crippen LogP contribution < -0.4 is 9.64 Å². The number of halogens is 1. The summed E-state index contributed by atoms with van der Waals surface area (Å²) in [5.41, 5.74) is 1.97. The van der Waals surface area contributed by atoms with Crippen molar-refractivity contribution in [2.24, 2.45) is 0 Å². The number of amides is 1. The average molecular weight is 548 g/mol. The molecule has 0 spiro atoms. The van der Waals surface area contributed by atoms with Gasteiger partial charge in [0.2, 0.25) is 0 Å². The smallest absolute Gasteiger partial charge is 0.301 e. The second kappa shape index (κ2) is 8.93. The Morgan fingerprint density at radius 1 is 1.16 bits per heavy atom. The first-order valence-electron chi connectivity index (χ1n) is 11.6. The molecule has 2 aliphatic heterocycles. The van der Waals surface area contributed by atoms with Crippen LogP contribution in [0.5, 0.6) is 5.75 Å². The van der Waals surface area contributed by atoms with E-state index >= 15 is 0 Å². The maximum Gasteiger partial charge on any atom is 0.301 e. The first kappa shape index (κ1) is 24.1. The van der Waals surface area contributed by atoms with Gasteiger partial charge < -0.3 is 9.84 Å². The number of benzene rings is 3. The number of aliphatic hydroxyl groups is 1. The standard InChI is InChI=1S/C27H18ClN3O6S/c1-13-10-16-11-15(4-9-20(16)37-13)24(32)22-23(14-2-6-18(7-3-14)31(35)36)30(26(34)25(22)33)27-29-19-8-5-17(28)12-21(19)38-27/h2-9,11-13,23,32H,10H2,1H3/t13-,23-/m1/s1. The molecule has 1 N–H and O–H groups in total. The van der Waals surface area contributed by atoms with Crippen LogP contribution in [0.15, 0.2) is 66.2 Å². The average Bonchev–Trinajstić information content (AvgIpc) is 3.55. The Kier molecular flexibility index (Phi) is 5.66. The molecule has 11 heteroatoms. The van der Waals surface area contributed by atoms with E-state index in [0.29, 0.717) is 38.5 Å². The maximum atomic E-state index is 13.4. The largest absolute Gasteiger partial charge is 0.507 e. The lowest BCUT2D eigenvalue weighted by molar-refractivity contribution is -0.384. The van der Waals surface area contributed by atoms with E-state index < -0.39 is 22.7 Å². The van der Waals surface area contributed by atoms with Crippen LogP contribution in [0.25, 0.3) is 16.0 Å². The van der Waals surface area contributed by atoms with Gasteiger partial charge in [0.05, 0.1) is 26.8 Å². The summed E-state index contributed by atoms with van der Waals surface area (Å²) in [6.07, 6.45) is 0.630. The summed E-state index contributed by atoms with van der Waals surface area (Å²) in [6.45, 7) is 1.94. The molecule has 2 aliphatic rings. The Labute approximate surface area is 224 Å². The highest BCUT2D eigenvalue weighted by atomic mass is 35.5. The summed E-state index contributed by atoms with van der Waals surface area (Å²) in [7, 11) is 0. The predicted molar refractivity (Wildman–Crippen MR) is 143 cm³/mol. The van der Waals surface area contributed by atoms with E-state index in [1.165, 1.54) is 40.5 Å². The number of nitro groups is 1. The second-order valence-corrected chi connectivity index (χ2v) is 10.5. The van der Waals surface area contributed by atoms with Crippen molar-refractivity contribution in [1.29, 1.82) is 0 Å². The number of carbonyl (C=O) groups excluding carboxylic acids is 2. The summed E-state index contributed by atoms with van der Waals surface area (Å²) in [5.74, 6) is -1.39. The minimum absolute atomic E-state index is 0.0133. The van der Waals surface area contributed by atoms with Crippen molar-refractivity contribution in [3.05, 3.63) is 98.1 Å². The van der Waals surface area contributed by atoms with Gasteiger partial charge in [-0.15, -0.1) is 0 Å². The SMILES string of the molecule is C[C@@H]1Cc2cc(C(O)=C3C(=O)C(=O)N(c4nc5ccc(Cl)cc5s4)[C@@H]3c3ccc([N+](=O)[O-])cc3)ccc2O1. The van der Waals surface area contributed by atoms with Gasteiger partial charge in [-0.1, -0.05) is 22.9 Å². The van der Waals surface area contributed by atoms with E-state index in [9.17, 15) is 24.8 Å². The number of aromatic nitrogens is 1. The fraction of sp³-hybridized carbons (Fsp3) is 0.148. The van der Waals surface area contributed by atoms with E-state index in [4.69, 9.17) is 16.3 Å². The van der Waals surface area contributed by atoms with Crippen LogP contribution >= 0.6 is 22.9 Å². The Hall–Kier alpha value is -4.28. The molecule has 38 heavy (non-hydrogen) atoms. The van der Waals surface area contributed by atoms with Crippen molar-refractivity contribution < 1.29 is 24.4 Å². The number of anilines is 1. The van der Waals surface area contributed by atoms with Gasteiger partial charge in [0.25, 0.3) is 11.5 Å². The third-order valence-corrected chi connectivity index (χ3v) is 7.83. The third kappa shape index (κ3) is 3.89. The number of fused-ring (bicyclic) bond motifs is 2. The van der Waals surface area contributed by atoms with Gasteiger partial charge in [-0.3, -0.25) is 24.6 Å². The molecule has 9 nitrogen and oxygen atoms in total. The van der Waals surface area contributed by atoms with Gasteiger partial charge in [0.1, 0.15) is 17.6 Å². The number of nitrogens with zero attached hydrogens (tertiary/aromatic N) is 3. The number of rotatable bonds is 4. The normalized spacial score (nSPS) is 20.1. The van der Waals surface area contributed by atoms with Crippen LogP contribution in [0, 0.1) is 10.1 Å². The number of hydrogen-bond acceptors (Lipinski definition) is 8. The number of thiazole rings is 1. The Bertz CT molecular complexity index is 1700. The highest BCUT2D eigenvalue weighted by Gasteiger charge is 2.48. The van der Waals surface area contributed by atoms with Gasteiger partial charge in [-0.25, -0.2) is 4.98 Å². The lowest BCUT2D eigenvalue weighted by atomic mass is 9.94. The zero-order chi connectivity index (χ0) is 26.7. The van der Waals surface area contributed by atoms with Crippen LogP contribution in [0.4, 0.5) is 10.8 Å². The third-order valence-electron chi connectivity index (χ3n) is 6.58. The maximum absolute atomic E-state index is 13.4. The Morgan fingerprint density at radius 3 is 2.66 bits per heavy atom. The number of hydrogen-bond donors (Lipinski definition) is 1. The molecular weight excluding hydrogens is 530 g/mol. The quantitative estimate of drug-likeness (QED) is 0.112. The molecule has 1 saturated heterocycles. The Balaban J connectivity index is 1.53. The lowest BCUT2D eigenvalue weighted by Gasteiger charge is -2.23. The summed E-state index contributed by atoms with van der Waals surface area (Å²) in [5, 5.41) is 23.4. The van der Waals surface area contributed by atoms with Gasteiger partial charge >= 0.3 is 5.91 Å². The van der Waals surface area contributed by atoms with Crippen LogP contribution in [0.1, 0.15) is 29.7 Å². The van der Waals surface area contributed by atoms with Crippen LogP contribution in [0.2, 0.25) is 5.02 Å². The molecule has 0 saturated carbocycles. The monoisotopic (exact) mass is 547 g/mol. The van der Waals surface area contributed by atoms with Crippen molar-refractivity contribution in [2.45, 2.75) is 25.5 Å². The van der Waals surface area contributed by atoms with Gasteiger partial charge in [0, 0.05) is 29.1 Å². The van der Waals surface area contributed by atoms with E-state index in [0.717, 1.165) is 5.56 Å². The molecule has 0 unspecified atom stereocenters. The van der Waals surface area contributed by atoms with Gasteiger partial charge in [0.15, 0.2) is 5.13 Å². The van der Waals surface area contributed by atoms with E-state index in [-0.39, 0.29) is 28.3 Å². The highest BCUT2D eigenvalue weighted by molar-refractivity contribution is 7.22. The number of Topliss-reactive ketones (excluding diaryl/α,β-unsaturated/α-hetero) is 1. The van der Waals surface area contributed by atoms with Gasteiger partial charge in [-0.05, 0) is 66.6 Å². The first-order valence-corrected chi connectivity index (χ1v) is 12.8. The van der Waals surface area contributed by atoms with Crippen LogP contribution in [-0.2, 0) is 16.0 Å². The summed E-state index contributed by atoms with van der Waals surface area (Å²) < 4.78 is 6.45. The number of aliphatic hydroxyl groups excluding tert-OH is 1. The van der Waals surface area contributed by atoms with Crippen molar-refractivity contribution in [2.75, 3.05) is 4.90 Å². The number of ether oxygens (including phenoxy) is 1. The molecule has 0 bridgehead atoms. The number of nitro benzene ring substituents is 1. The molecule has 1 fully saturated rings. The molecule has 0 radical (unpaired) electrons. The predicted octanol–water partition coefficient (Wildman–Crippen LogP) is 5.81. The number of carbonyl (C=O) groups is 2. The molecule has 3 aromatic carbocycles. The zero-order valence-electron chi connectivity index (χ0n) is 19.8. The summed E-state index contributed by atoms with van der Waals surface area (Å²) in [4.78, 5) is 43.3. The van der Waals surface area contributed by atoms with Crippen LogP contribution in [-0.4, -0.2) is 32.8 Å². The van der Waals surface area contributed by atoms with Crippen molar-refractivity contribution in [3.63, 3.8) is 0 Å². The summed E-state index contributed by atoms with van der Waals surface area (Å²) >= 11 is 7.30. The first-order chi connectivity index (χ1) is 18.2. The van der Waals surface area contributed by atoms with Crippen molar-refractivity contribution in [1.82, 2.24) is 4.98 Å². The van der Waals surface area contributed by atoms with Crippen molar-refractivity contribution >= 4 is 61.4 Å². The fourth-order valence-electron chi connectivity index (χ4n) is 4.84. The molecule has 190 valence electrons. The minimum Gasteiger partial charge on any atom is -0.507 e. The lowest BCUT2D eigenvalue weighted by Crippen LogP contribution is -2.29. The number of ketones is 1. The molecule has 1 amide bonds. The van der Waals surface area contributed by atoms with Crippen molar-refractivity contribution in [3.8, 4) is 5.75 Å². The highest BCUT2D eigenvalue weighted by Crippen LogP contribution is 2.45. The van der Waals surface area contributed by atoms with Gasteiger partial charge in [-0.2, -0.15) is 0 Å². The fourth-order valence-corrected chi connectivity index (χ4v) is 6.11. The Morgan fingerprint density at radius 2 is 1.92 bits per heavy atom. The van der Waals surface area contributed by atoms with E-state index in [1.54, 1.807) is 36.4 Å². The zero-order valence-corrected chi connectivity index (χ0v) is 21.3. The van der Waals surface area contributed by atoms with Crippen LogP contribution in [0.3, 0.4) is 0 Å². The van der Waals surface area contributed by atoms with E-state index in [1.807, 2.05) is 6.92 Å². The molecule has 1 aromatic heterocycles. The summed E-state index contributed by atoms with van der Waals surface area (Å²) in [6, 6.07) is 14.7. The molecule has 3 heterocycles. The topological polar surface area (TPSA) is 123 Å². The van der Waals surface area contributed by atoms with E-state index in [2.05, 4.69) is 4.98 Å². The molecule has 0 aliphatic carbocycles. The molecule has 2 atom stereocenters. The molecular formula is C27H18ClN3O6S. The minimum atomic E-state index is -1.06. The molecule has 4 aromatic rings. The second-order valence-electron chi connectivity index (χ2n) is 9.08. The number of non-ortho nitro benzene ring substituents is 1. The molecule has 6 rings (SSSR count).